The smallest absolute Gasteiger partial charge is 0.328 e. The highest BCUT2D eigenvalue weighted by Crippen LogP contribution is 2.36. The summed E-state index contributed by atoms with van der Waals surface area (Å²) in [6, 6.07) is -0.766. The van der Waals surface area contributed by atoms with Crippen LogP contribution in [0.5, 0.6) is 0 Å². The number of ether oxygens (including phenoxy) is 1. The van der Waals surface area contributed by atoms with Gasteiger partial charge in [-0.15, -0.1) is 0 Å². The summed E-state index contributed by atoms with van der Waals surface area (Å²) in [6.07, 6.45) is 0.159. The molecular weight excluding hydrogens is 251 g/mol. The molecular formula is C8H17N2O4PS. The van der Waals surface area contributed by atoms with E-state index in [4.69, 9.17) is 15.4 Å². The van der Waals surface area contributed by atoms with Crippen LogP contribution in [0.4, 0.5) is 0 Å². The third kappa shape index (κ3) is 7.62. The SMILES string of the molecule is CCOC(=O)C(CCP(C)(=O)O)NC(N)=S. The van der Waals surface area contributed by atoms with Crippen LogP contribution in [0.1, 0.15) is 13.3 Å². The van der Waals surface area contributed by atoms with Gasteiger partial charge in [-0.05, 0) is 25.6 Å². The molecule has 0 aliphatic heterocycles. The Kier molecular flexibility index (Phi) is 6.55. The van der Waals surface area contributed by atoms with Crippen LogP contribution in [0.25, 0.3) is 0 Å². The van der Waals surface area contributed by atoms with E-state index < -0.39 is 19.4 Å². The lowest BCUT2D eigenvalue weighted by molar-refractivity contribution is -0.145. The average Bonchev–Trinajstić information content (AvgIpc) is 2.10. The molecule has 0 saturated heterocycles. The van der Waals surface area contributed by atoms with Crippen molar-refractivity contribution in [2.75, 3.05) is 19.4 Å². The molecule has 0 aromatic heterocycles. The Morgan fingerprint density at radius 3 is 2.62 bits per heavy atom. The number of hydrogen-bond donors (Lipinski definition) is 3. The molecule has 4 N–H and O–H groups in total. The maximum atomic E-state index is 11.4. The Bertz CT molecular complexity index is 304. The fourth-order valence-corrected chi connectivity index (χ4v) is 1.91. The van der Waals surface area contributed by atoms with Crippen molar-refractivity contribution in [2.24, 2.45) is 5.73 Å². The standard InChI is InChI=1S/C8H17N2O4PS/c1-3-14-7(11)6(10-8(9)16)4-5-15(2,12)13/h6H,3-5H2,1-2H3,(H,12,13)(H3,9,10,16). The normalized spacial score (nSPS) is 15.9. The Labute approximate surface area is 100.0 Å². The van der Waals surface area contributed by atoms with Gasteiger partial charge < -0.3 is 20.7 Å². The summed E-state index contributed by atoms with van der Waals surface area (Å²) >= 11 is 4.61. The van der Waals surface area contributed by atoms with Crippen molar-refractivity contribution < 1.29 is 19.0 Å². The molecule has 2 unspecified atom stereocenters. The van der Waals surface area contributed by atoms with Gasteiger partial charge in [-0.2, -0.15) is 0 Å². The van der Waals surface area contributed by atoms with Crippen molar-refractivity contribution in [3.05, 3.63) is 0 Å². The predicted molar refractivity (Wildman–Crippen MR) is 65.6 cm³/mol. The van der Waals surface area contributed by atoms with E-state index in [9.17, 15) is 9.36 Å². The van der Waals surface area contributed by atoms with Crippen molar-refractivity contribution in [1.29, 1.82) is 0 Å². The van der Waals surface area contributed by atoms with Gasteiger partial charge in [0.15, 0.2) is 12.5 Å². The number of thiocarbonyl (C=S) groups is 1. The molecule has 0 fully saturated rings. The number of nitrogens with two attached hydrogens (primary N) is 1. The lowest BCUT2D eigenvalue weighted by Gasteiger charge is -2.17. The van der Waals surface area contributed by atoms with Gasteiger partial charge in [0.05, 0.1) is 6.61 Å². The number of rotatable bonds is 6. The molecule has 2 atom stereocenters. The van der Waals surface area contributed by atoms with Crippen LogP contribution < -0.4 is 11.1 Å². The fraction of sp³-hybridized carbons (Fsp3) is 0.750. The van der Waals surface area contributed by atoms with E-state index in [1.54, 1.807) is 6.92 Å². The predicted octanol–water partition coefficient (Wildman–Crippen LogP) is 0.0416. The Morgan fingerprint density at radius 2 is 2.25 bits per heavy atom. The first kappa shape index (κ1) is 15.3. The van der Waals surface area contributed by atoms with Crippen molar-refractivity contribution >= 4 is 30.7 Å². The summed E-state index contributed by atoms with van der Waals surface area (Å²) in [5.41, 5.74) is 5.25. The van der Waals surface area contributed by atoms with E-state index in [0.29, 0.717) is 0 Å². The van der Waals surface area contributed by atoms with Crippen LogP contribution in [0, 0.1) is 0 Å². The van der Waals surface area contributed by atoms with E-state index in [1.165, 1.54) is 6.66 Å². The summed E-state index contributed by atoms with van der Waals surface area (Å²) in [4.78, 5) is 20.5. The molecule has 6 nitrogen and oxygen atoms in total. The zero-order valence-electron chi connectivity index (χ0n) is 9.30. The maximum absolute atomic E-state index is 11.4. The fourth-order valence-electron chi connectivity index (χ4n) is 1.03. The van der Waals surface area contributed by atoms with Gasteiger partial charge in [0.2, 0.25) is 0 Å². The number of hydrogen-bond acceptors (Lipinski definition) is 4. The zero-order chi connectivity index (χ0) is 12.8. The third-order valence-electron chi connectivity index (χ3n) is 1.72. The molecule has 94 valence electrons. The van der Waals surface area contributed by atoms with Crippen molar-refractivity contribution in [3.8, 4) is 0 Å². The molecule has 0 bridgehead atoms. The summed E-state index contributed by atoms with van der Waals surface area (Å²) in [5.74, 6) is -0.524. The largest absolute Gasteiger partial charge is 0.464 e. The molecule has 16 heavy (non-hydrogen) atoms. The van der Waals surface area contributed by atoms with Crippen LogP contribution in [0.15, 0.2) is 0 Å². The number of carbonyl (C=O) groups excluding carboxylic acids is 1. The molecule has 0 aromatic rings. The monoisotopic (exact) mass is 268 g/mol. The van der Waals surface area contributed by atoms with Gasteiger partial charge in [0.1, 0.15) is 6.04 Å². The minimum Gasteiger partial charge on any atom is -0.464 e. The average molecular weight is 268 g/mol. The highest BCUT2D eigenvalue weighted by molar-refractivity contribution is 7.80. The van der Waals surface area contributed by atoms with Crippen LogP contribution in [0.3, 0.4) is 0 Å². The summed E-state index contributed by atoms with van der Waals surface area (Å²) in [5, 5.41) is 2.50. The molecule has 0 amide bonds. The zero-order valence-corrected chi connectivity index (χ0v) is 11.0. The maximum Gasteiger partial charge on any atom is 0.328 e. The lowest BCUT2D eigenvalue weighted by atomic mass is 10.2. The number of carbonyl (C=O) groups is 1. The molecule has 0 aliphatic carbocycles. The minimum absolute atomic E-state index is 0.00605. The quantitative estimate of drug-likeness (QED) is 0.355. The summed E-state index contributed by atoms with van der Waals surface area (Å²) in [6.45, 7) is 3.14. The first-order chi connectivity index (χ1) is 7.26. The van der Waals surface area contributed by atoms with Gasteiger partial charge in [0.25, 0.3) is 0 Å². The Morgan fingerprint density at radius 1 is 1.69 bits per heavy atom. The second-order valence-corrected chi connectivity index (χ2v) is 6.37. The molecule has 8 heteroatoms. The second kappa shape index (κ2) is 6.83. The lowest BCUT2D eigenvalue weighted by Crippen LogP contribution is -2.44. The van der Waals surface area contributed by atoms with E-state index in [1.807, 2.05) is 0 Å². The van der Waals surface area contributed by atoms with Crippen molar-refractivity contribution in [2.45, 2.75) is 19.4 Å². The van der Waals surface area contributed by atoms with Crippen molar-refractivity contribution in [1.82, 2.24) is 5.32 Å². The molecule has 0 radical (unpaired) electrons. The molecule has 0 rings (SSSR count). The van der Waals surface area contributed by atoms with Crippen LogP contribution >= 0.6 is 19.6 Å². The van der Waals surface area contributed by atoms with Gasteiger partial charge in [-0.25, -0.2) is 4.79 Å². The van der Waals surface area contributed by atoms with Crippen LogP contribution in [-0.4, -0.2) is 41.5 Å². The second-order valence-electron chi connectivity index (χ2n) is 3.38. The van der Waals surface area contributed by atoms with Crippen LogP contribution in [-0.2, 0) is 14.1 Å². The van der Waals surface area contributed by atoms with Gasteiger partial charge >= 0.3 is 5.97 Å². The minimum atomic E-state index is -3.15. The van der Waals surface area contributed by atoms with Gasteiger partial charge in [-0.1, -0.05) is 0 Å². The first-order valence-corrected chi connectivity index (χ1v) is 7.48. The van der Waals surface area contributed by atoms with E-state index in [2.05, 4.69) is 17.5 Å². The summed E-state index contributed by atoms with van der Waals surface area (Å²) < 4.78 is 15.9. The molecule has 0 spiro atoms. The Hall–Kier alpha value is -0.650. The van der Waals surface area contributed by atoms with Gasteiger partial charge in [0, 0.05) is 12.8 Å². The molecule has 0 saturated carbocycles. The molecule has 0 aromatic carbocycles. The number of esters is 1. The first-order valence-electron chi connectivity index (χ1n) is 4.78. The number of nitrogens with one attached hydrogen (secondary N) is 1. The molecule has 0 aliphatic rings. The van der Waals surface area contributed by atoms with E-state index >= 15 is 0 Å². The topological polar surface area (TPSA) is 102 Å². The van der Waals surface area contributed by atoms with E-state index in [0.717, 1.165) is 0 Å². The van der Waals surface area contributed by atoms with E-state index in [-0.39, 0.29) is 24.3 Å². The summed E-state index contributed by atoms with van der Waals surface area (Å²) in [7, 11) is -3.15. The molecule has 0 heterocycles. The van der Waals surface area contributed by atoms with Gasteiger partial charge in [-0.3, -0.25) is 4.57 Å². The van der Waals surface area contributed by atoms with Crippen molar-refractivity contribution in [3.63, 3.8) is 0 Å². The Balaban J connectivity index is 4.37. The highest BCUT2D eigenvalue weighted by Gasteiger charge is 2.23. The van der Waals surface area contributed by atoms with Crippen LogP contribution in [0.2, 0.25) is 0 Å². The highest BCUT2D eigenvalue weighted by atomic mass is 32.1. The third-order valence-corrected chi connectivity index (χ3v) is 2.93.